The van der Waals surface area contributed by atoms with E-state index in [0.717, 1.165) is 17.0 Å². The van der Waals surface area contributed by atoms with Crippen molar-refractivity contribution in [1.29, 1.82) is 0 Å². The van der Waals surface area contributed by atoms with Gasteiger partial charge in [0.2, 0.25) is 0 Å². The van der Waals surface area contributed by atoms with Gasteiger partial charge in [0.15, 0.2) is 0 Å². The lowest BCUT2D eigenvalue weighted by Gasteiger charge is -2.08. The van der Waals surface area contributed by atoms with Crippen molar-refractivity contribution in [3.05, 3.63) is 29.3 Å². The van der Waals surface area contributed by atoms with Crippen LogP contribution in [0.1, 0.15) is 18.1 Å². The summed E-state index contributed by atoms with van der Waals surface area (Å²) in [6.07, 6.45) is 0. The van der Waals surface area contributed by atoms with E-state index in [2.05, 4.69) is 18.0 Å². The molecule has 0 unspecified atom stereocenters. The van der Waals surface area contributed by atoms with Crippen molar-refractivity contribution in [2.45, 2.75) is 13.8 Å². The number of benzene rings is 1. The molecule has 0 aliphatic carbocycles. The third-order valence-corrected chi connectivity index (χ3v) is 2.08. The van der Waals surface area contributed by atoms with Gasteiger partial charge < -0.3 is 4.74 Å². The Balaban J connectivity index is 3.23. The summed E-state index contributed by atoms with van der Waals surface area (Å²) in [6.45, 7) is 4.04. The third kappa shape index (κ3) is 2.08. The molecule has 0 fully saturated rings. The molecule has 2 heteroatoms. The second-order valence-corrected chi connectivity index (χ2v) is 3.01. The highest BCUT2D eigenvalue weighted by Gasteiger charge is 2.04. The molecule has 0 bridgehead atoms. The lowest BCUT2D eigenvalue weighted by Crippen LogP contribution is -1.99. The summed E-state index contributed by atoms with van der Waals surface area (Å²) in [6, 6.07) is 6.09. The number of aryl methyl sites for hydroxylation is 1. The normalized spacial score (nSPS) is 11.5. The van der Waals surface area contributed by atoms with Gasteiger partial charge in [-0.25, -0.2) is 0 Å². The Bertz CT molecular complexity index is 329. The zero-order valence-electron chi connectivity index (χ0n) is 8.59. The van der Waals surface area contributed by atoms with Crippen molar-refractivity contribution >= 4 is 5.71 Å². The molecule has 70 valence electrons. The molecule has 0 amide bonds. The molecule has 1 rings (SSSR count). The molecule has 0 atom stereocenters. The molecule has 0 radical (unpaired) electrons. The van der Waals surface area contributed by atoms with Gasteiger partial charge in [-0.05, 0) is 26.0 Å². The van der Waals surface area contributed by atoms with Crippen LogP contribution in [0.5, 0.6) is 5.75 Å². The molecule has 0 heterocycles. The standard InChI is InChI=1S/C11H15NO/c1-8-5-6-11(13-4)10(7-8)9(2)12-3/h5-7H,1-4H3/b12-9+. The molecule has 13 heavy (non-hydrogen) atoms. The van der Waals surface area contributed by atoms with Crippen molar-refractivity contribution < 1.29 is 4.74 Å². The second kappa shape index (κ2) is 4.08. The Kier molecular flexibility index (Phi) is 3.07. The third-order valence-electron chi connectivity index (χ3n) is 2.08. The summed E-state index contributed by atoms with van der Waals surface area (Å²) in [4.78, 5) is 4.15. The molecular weight excluding hydrogens is 162 g/mol. The van der Waals surface area contributed by atoms with Crippen molar-refractivity contribution in [2.75, 3.05) is 14.2 Å². The highest BCUT2D eigenvalue weighted by atomic mass is 16.5. The average Bonchev–Trinajstić information content (AvgIpc) is 2.16. The van der Waals surface area contributed by atoms with Gasteiger partial charge in [-0.3, -0.25) is 4.99 Å². The maximum Gasteiger partial charge on any atom is 0.127 e. The lowest BCUT2D eigenvalue weighted by atomic mass is 10.1. The van der Waals surface area contributed by atoms with Crippen LogP contribution in [-0.4, -0.2) is 19.9 Å². The maximum atomic E-state index is 5.24. The Labute approximate surface area is 79.3 Å². The molecular formula is C11H15NO. The van der Waals surface area contributed by atoms with E-state index in [9.17, 15) is 0 Å². The first-order chi connectivity index (χ1) is 6.19. The van der Waals surface area contributed by atoms with E-state index in [1.807, 2.05) is 19.1 Å². The van der Waals surface area contributed by atoms with E-state index in [1.165, 1.54) is 5.56 Å². The molecule has 0 N–H and O–H groups in total. The highest BCUT2D eigenvalue weighted by Crippen LogP contribution is 2.20. The zero-order chi connectivity index (χ0) is 9.84. The number of hydrogen-bond acceptors (Lipinski definition) is 2. The predicted molar refractivity (Wildman–Crippen MR) is 55.9 cm³/mol. The number of nitrogens with zero attached hydrogens (tertiary/aromatic N) is 1. The summed E-state index contributed by atoms with van der Waals surface area (Å²) in [5, 5.41) is 0. The van der Waals surface area contributed by atoms with Gasteiger partial charge in [0, 0.05) is 18.3 Å². The van der Waals surface area contributed by atoms with Crippen molar-refractivity contribution in [3.63, 3.8) is 0 Å². The Morgan fingerprint density at radius 2 is 2.08 bits per heavy atom. The molecule has 0 saturated carbocycles. The first-order valence-electron chi connectivity index (χ1n) is 4.27. The van der Waals surface area contributed by atoms with E-state index in [-0.39, 0.29) is 0 Å². The molecule has 1 aromatic rings. The van der Waals surface area contributed by atoms with Gasteiger partial charge in [0.05, 0.1) is 7.11 Å². The summed E-state index contributed by atoms with van der Waals surface area (Å²) in [7, 11) is 3.47. The lowest BCUT2D eigenvalue weighted by molar-refractivity contribution is 0.414. The molecule has 0 spiro atoms. The SMILES string of the molecule is C/N=C(\C)c1cc(C)ccc1OC. The number of rotatable bonds is 2. The average molecular weight is 177 g/mol. The van der Waals surface area contributed by atoms with Gasteiger partial charge in [-0.2, -0.15) is 0 Å². The van der Waals surface area contributed by atoms with Gasteiger partial charge in [0.1, 0.15) is 5.75 Å². The minimum absolute atomic E-state index is 0.883. The maximum absolute atomic E-state index is 5.24. The molecule has 0 aliphatic rings. The smallest absolute Gasteiger partial charge is 0.127 e. The van der Waals surface area contributed by atoms with Gasteiger partial charge in [0.25, 0.3) is 0 Å². The van der Waals surface area contributed by atoms with Crippen LogP contribution >= 0.6 is 0 Å². The first-order valence-corrected chi connectivity index (χ1v) is 4.27. The van der Waals surface area contributed by atoms with Crippen LogP contribution in [0.15, 0.2) is 23.2 Å². The van der Waals surface area contributed by atoms with E-state index in [1.54, 1.807) is 14.2 Å². The quantitative estimate of drug-likeness (QED) is 0.636. The van der Waals surface area contributed by atoms with E-state index in [4.69, 9.17) is 4.74 Å². The van der Waals surface area contributed by atoms with Crippen LogP contribution in [0, 0.1) is 6.92 Å². The predicted octanol–water partition coefficient (Wildman–Crippen LogP) is 2.44. The summed E-state index contributed by atoms with van der Waals surface area (Å²) < 4.78 is 5.24. The van der Waals surface area contributed by atoms with E-state index in [0.29, 0.717) is 0 Å². The van der Waals surface area contributed by atoms with Crippen molar-refractivity contribution in [1.82, 2.24) is 0 Å². The molecule has 0 saturated heterocycles. The summed E-state index contributed by atoms with van der Waals surface area (Å²) in [5.74, 6) is 0.883. The van der Waals surface area contributed by atoms with Gasteiger partial charge in [-0.15, -0.1) is 0 Å². The molecule has 0 aromatic heterocycles. The fourth-order valence-electron chi connectivity index (χ4n) is 1.23. The monoisotopic (exact) mass is 177 g/mol. The summed E-state index contributed by atoms with van der Waals surface area (Å²) >= 11 is 0. The Hall–Kier alpha value is -1.31. The van der Waals surface area contributed by atoms with Crippen LogP contribution in [-0.2, 0) is 0 Å². The van der Waals surface area contributed by atoms with Crippen molar-refractivity contribution in [3.8, 4) is 5.75 Å². The van der Waals surface area contributed by atoms with Crippen LogP contribution in [0.3, 0.4) is 0 Å². The Morgan fingerprint density at radius 1 is 1.38 bits per heavy atom. The van der Waals surface area contributed by atoms with Crippen LogP contribution < -0.4 is 4.74 Å². The fraction of sp³-hybridized carbons (Fsp3) is 0.364. The number of hydrogen-bond donors (Lipinski definition) is 0. The van der Waals surface area contributed by atoms with Gasteiger partial charge in [-0.1, -0.05) is 11.6 Å². The highest BCUT2D eigenvalue weighted by molar-refractivity contribution is 6.01. The summed E-state index contributed by atoms with van der Waals surface area (Å²) in [5.41, 5.74) is 3.30. The van der Waals surface area contributed by atoms with Crippen molar-refractivity contribution in [2.24, 2.45) is 4.99 Å². The molecule has 1 aromatic carbocycles. The topological polar surface area (TPSA) is 21.6 Å². The largest absolute Gasteiger partial charge is 0.496 e. The van der Waals surface area contributed by atoms with E-state index < -0.39 is 0 Å². The molecule has 2 nitrogen and oxygen atoms in total. The number of ether oxygens (including phenoxy) is 1. The van der Waals surface area contributed by atoms with Crippen LogP contribution in [0.25, 0.3) is 0 Å². The number of aliphatic imine (C=N–C) groups is 1. The first kappa shape index (κ1) is 9.78. The second-order valence-electron chi connectivity index (χ2n) is 3.01. The number of methoxy groups -OCH3 is 1. The van der Waals surface area contributed by atoms with Gasteiger partial charge >= 0.3 is 0 Å². The van der Waals surface area contributed by atoms with Crippen LogP contribution in [0.4, 0.5) is 0 Å². The zero-order valence-corrected chi connectivity index (χ0v) is 8.59. The molecule has 0 aliphatic heterocycles. The fourth-order valence-corrected chi connectivity index (χ4v) is 1.23. The minimum Gasteiger partial charge on any atom is -0.496 e. The van der Waals surface area contributed by atoms with Crippen LogP contribution in [0.2, 0.25) is 0 Å². The van der Waals surface area contributed by atoms with E-state index >= 15 is 0 Å². The minimum atomic E-state index is 0.883. The Morgan fingerprint density at radius 3 is 2.62 bits per heavy atom.